The van der Waals surface area contributed by atoms with Crippen LogP contribution in [0.1, 0.15) is 20.8 Å². The van der Waals surface area contributed by atoms with Crippen LogP contribution in [0.3, 0.4) is 0 Å². The van der Waals surface area contributed by atoms with Gasteiger partial charge < -0.3 is 10.1 Å². The summed E-state index contributed by atoms with van der Waals surface area (Å²) >= 11 is 7.48. The highest BCUT2D eigenvalue weighted by atomic mass is 32.2. The first-order chi connectivity index (χ1) is 10.5. The lowest BCUT2D eigenvalue weighted by Crippen LogP contribution is -2.17. The van der Waals surface area contributed by atoms with E-state index in [2.05, 4.69) is 10.3 Å². The number of fused-ring (bicyclic) bond motifs is 1. The van der Waals surface area contributed by atoms with Crippen LogP contribution in [0, 0.1) is 6.92 Å². The van der Waals surface area contributed by atoms with E-state index < -0.39 is 0 Å². The fraction of sp³-hybridized carbons (Fsp3) is 0.143. The van der Waals surface area contributed by atoms with E-state index in [0.717, 1.165) is 21.3 Å². The van der Waals surface area contributed by atoms with Crippen molar-refractivity contribution in [3.05, 3.63) is 33.2 Å². The zero-order valence-corrected chi connectivity index (χ0v) is 14.1. The van der Waals surface area contributed by atoms with Crippen molar-refractivity contribution in [3.63, 3.8) is 0 Å². The molecular formula is C14H10N2O3S3. The van der Waals surface area contributed by atoms with Crippen LogP contribution in [-0.4, -0.2) is 28.3 Å². The molecule has 22 heavy (non-hydrogen) atoms. The van der Waals surface area contributed by atoms with Crippen LogP contribution in [0.2, 0.25) is 0 Å². The van der Waals surface area contributed by atoms with Crippen LogP contribution in [0.15, 0.2) is 17.2 Å². The molecule has 0 atom stereocenters. The van der Waals surface area contributed by atoms with Gasteiger partial charge in [-0.05, 0) is 30.2 Å². The number of nitrogens with one attached hydrogen (secondary N) is 1. The maximum atomic E-state index is 11.7. The molecule has 0 spiro atoms. The average Bonchev–Trinajstić information content (AvgIpc) is 2.98. The van der Waals surface area contributed by atoms with Crippen molar-refractivity contribution in [2.45, 2.75) is 6.92 Å². The predicted octanol–water partition coefficient (Wildman–Crippen LogP) is 2.88. The van der Waals surface area contributed by atoms with Crippen LogP contribution in [0.5, 0.6) is 0 Å². The zero-order valence-electron chi connectivity index (χ0n) is 11.6. The molecule has 1 aliphatic rings. The topological polar surface area (TPSA) is 68.3 Å². The number of ether oxygens (including phenoxy) is 1. The number of nitrogens with zero attached hydrogens (tertiary/aromatic N) is 1. The van der Waals surface area contributed by atoms with Crippen molar-refractivity contribution in [2.75, 3.05) is 7.11 Å². The lowest BCUT2D eigenvalue weighted by molar-refractivity contribution is -0.115. The Morgan fingerprint density at radius 1 is 1.50 bits per heavy atom. The Bertz CT molecular complexity index is 854. The molecule has 2 aromatic rings. The van der Waals surface area contributed by atoms with E-state index in [1.165, 1.54) is 30.2 Å². The Morgan fingerprint density at radius 2 is 2.27 bits per heavy atom. The van der Waals surface area contributed by atoms with E-state index in [1.54, 1.807) is 12.3 Å². The van der Waals surface area contributed by atoms with Crippen LogP contribution in [0.4, 0.5) is 0 Å². The smallest absolute Gasteiger partial charge is 0.348 e. The third-order valence-electron chi connectivity index (χ3n) is 3.13. The Labute approximate surface area is 139 Å². The number of thioether (sulfide) groups is 1. The molecule has 5 nitrogen and oxygen atoms in total. The number of esters is 1. The minimum atomic E-state index is -0.364. The Balaban J connectivity index is 2.05. The summed E-state index contributed by atoms with van der Waals surface area (Å²) in [6, 6.07) is 1.91. The summed E-state index contributed by atoms with van der Waals surface area (Å²) < 4.78 is 5.22. The molecule has 112 valence electrons. The van der Waals surface area contributed by atoms with Crippen molar-refractivity contribution in [1.29, 1.82) is 0 Å². The number of thiocarbonyl (C=S) groups is 1. The fourth-order valence-corrected chi connectivity index (χ4v) is 4.15. The molecule has 2 aromatic heterocycles. The molecule has 0 radical (unpaired) electrons. The molecule has 0 aliphatic carbocycles. The van der Waals surface area contributed by atoms with Gasteiger partial charge >= 0.3 is 5.97 Å². The second-order valence-corrected chi connectivity index (χ2v) is 7.24. The molecule has 3 heterocycles. The predicted molar refractivity (Wildman–Crippen MR) is 92.0 cm³/mol. The summed E-state index contributed by atoms with van der Waals surface area (Å²) in [4.78, 5) is 29.6. The first kappa shape index (κ1) is 15.1. The summed E-state index contributed by atoms with van der Waals surface area (Å²) in [7, 11) is 1.36. The standard InChI is InChI=1S/C14H10N2O3S3/c1-6-8-3-7(4-9-11(17)16-14(20)21-9)5-15-12(8)22-10(6)13(18)19-2/h3-5H,1-2H3,(H,16,17,20)/b9-4-. The Morgan fingerprint density at radius 3 is 2.91 bits per heavy atom. The molecule has 3 rings (SSSR count). The molecule has 1 fully saturated rings. The van der Waals surface area contributed by atoms with Gasteiger partial charge in [-0.2, -0.15) is 0 Å². The second-order valence-electron chi connectivity index (χ2n) is 4.52. The molecule has 1 N–H and O–H groups in total. The third-order valence-corrected chi connectivity index (χ3v) is 5.48. The number of thiophene rings is 1. The van der Waals surface area contributed by atoms with Crippen molar-refractivity contribution in [1.82, 2.24) is 10.3 Å². The highest BCUT2D eigenvalue weighted by molar-refractivity contribution is 8.26. The number of pyridine rings is 1. The van der Waals surface area contributed by atoms with Crippen molar-refractivity contribution >= 4 is 67.8 Å². The first-order valence-corrected chi connectivity index (χ1v) is 8.26. The van der Waals surface area contributed by atoms with Crippen LogP contribution in [-0.2, 0) is 9.53 Å². The Hall–Kier alpha value is -1.77. The van der Waals surface area contributed by atoms with Gasteiger partial charge in [0.25, 0.3) is 5.91 Å². The minimum absolute atomic E-state index is 0.201. The highest BCUT2D eigenvalue weighted by Gasteiger charge is 2.22. The zero-order chi connectivity index (χ0) is 15.9. The lowest BCUT2D eigenvalue weighted by Gasteiger charge is -1.97. The molecule has 0 aromatic carbocycles. The fourth-order valence-electron chi connectivity index (χ4n) is 2.05. The van der Waals surface area contributed by atoms with Crippen LogP contribution in [0.25, 0.3) is 16.3 Å². The van der Waals surface area contributed by atoms with Crippen LogP contribution < -0.4 is 5.32 Å². The molecule has 8 heteroatoms. The van der Waals surface area contributed by atoms with Gasteiger partial charge in [0.1, 0.15) is 14.0 Å². The van der Waals surface area contributed by atoms with Gasteiger partial charge in [-0.15, -0.1) is 11.3 Å². The largest absolute Gasteiger partial charge is 0.465 e. The SMILES string of the molecule is COC(=O)c1sc2ncc(/C=C3\SC(=S)NC3=O)cc2c1C. The number of aryl methyl sites for hydroxylation is 1. The number of aromatic nitrogens is 1. The van der Waals surface area contributed by atoms with E-state index in [1.807, 2.05) is 13.0 Å². The van der Waals surface area contributed by atoms with Gasteiger partial charge in [-0.25, -0.2) is 9.78 Å². The van der Waals surface area contributed by atoms with Crippen LogP contribution >= 0.6 is 35.3 Å². The maximum absolute atomic E-state index is 11.7. The number of carbonyl (C=O) groups is 2. The summed E-state index contributed by atoms with van der Waals surface area (Å²) in [5.74, 6) is -0.566. The number of methoxy groups -OCH3 is 1. The second kappa shape index (κ2) is 5.79. The normalized spacial score (nSPS) is 16.4. The summed E-state index contributed by atoms with van der Waals surface area (Å²) in [5.41, 5.74) is 1.62. The molecule has 1 amide bonds. The molecule has 1 saturated heterocycles. The summed E-state index contributed by atoms with van der Waals surface area (Å²) in [5, 5.41) is 3.45. The number of hydrogen-bond acceptors (Lipinski definition) is 7. The summed E-state index contributed by atoms with van der Waals surface area (Å²) in [6.07, 6.45) is 3.40. The molecule has 0 saturated carbocycles. The number of hydrogen-bond donors (Lipinski definition) is 1. The average molecular weight is 350 g/mol. The maximum Gasteiger partial charge on any atom is 0.348 e. The minimum Gasteiger partial charge on any atom is -0.465 e. The van der Waals surface area contributed by atoms with Crippen molar-refractivity contribution < 1.29 is 14.3 Å². The number of carbonyl (C=O) groups excluding carboxylic acids is 2. The van der Waals surface area contributed by atoms with E-state index in [-0.39, 0.29) is 11.9 Å². The molecule has 1 aliphatic heterocycles. The highest BCUT2D eigenvalue weighted by Crippen LogP contribution is 2.32. The van der Waals surface area contributed by atoms with Gasteiger partial charge in [0.05, 0.1) is 12.0 Å². The van der Waals surface area contributed by atoms with Gasteiger partial charge in [0.15, 0.2) is 0 Å². The lowest BCUT2D eigenvalue weighted by atomic mass is 10.1. The van der Waals surface area contributed by atoms with Gasteiger partial charge in [0, 0.05) is 11.6 Å². The van der Waals surface area contributed by atoms with Gasteiger partial charge in [-0.1, -0.05) is 24.0 Å². The van der Waals surface area contributed by atoms with Crippen molar-refractivity contribution in [3.8, 4) is 0 Å². The van der Waals surface area contributed by atoms with E-state index in [9.17, 15) is 9.59 Å². The Kier molecular flexibility index (Phi) is 3.98. The van der Waals surface area contributed by atoms with Crippen molar-refractivity contribution in [2.24, 2.45) is 0 Å². The van der Waals surface area contributed by atoms with E-state index >= 15 is 0 Å². The monoisotopic (exact) mass is 350 g/mol. The van der Waals surface area contributed by atoms with Gasteiger partial charge in [-0.3, -0.25) is 4.79 Å². The van der Waals surface area contributed by atoms with Gasteiger partial charge in [0.2, 0.25) is 0 Å². The number of rotatable bonds is 2. The number of amides is 1. The molecule has 0 bridgehead atoms. The molecule has 0 unspecified atom stereocenters. The quantitative estimate of drug-likeness (QED) is 0.510. The van der Waals surface area contributed by atoms with E-state index in [4.69, 9.17) is 17.0 Å². The first-order valence-electron chi connectivity index (χ1n) is 6.22. The third kappa shape index (κ3) is 2.65. The van der Waals surface area contributed by atoms with E-state index in [0.29, 0.717) is 14.1 Å². The molecular weight excluding hydrogens is 340 g/mol. The summed E-state index contributed by atoms with van der Waals surface area (Å²) in [6.45, 7) is 1.86.